The van der Waals surface area contributed by atoms with Crippen LogP contribution in [-0.4, -0.2) is 80.1 Å². The molecule has 0 radical (unpaired) electrons. The highest BCUT2D eigenvalue weighted by Gasteiger charge is 2.33. The first-order valence-corrected chi connectivity index (χ1v) is 11.4. The Hall–Kier alpha value is -4.34. The minimum absolute atomic E-state index is 0.0677. The van der Waals surface area contributed by atoms with Crippen LogP contribution in [-0.2, 0) is 9.53 Å². The van der Waals surface area contributed by atoms with E-state index in [-0.39, 0.29) is 43.3 Å². The van der Waals surface area contributed by atoms with Gasteiger partial charge in [0.05, 0.1) is 30.5 Å². The zero-order valence-corrected chi connectivity index (χ0v) is 20.4. The first-order chi connectivity index (χ1) is 18.0. The predicted molar refractivity (Wildman–Crippen MR) is 126 cm³/mol. The maximum atomic E-state index is 15.0. The number of furan rings is 1. The number of rotatable bonds is 12. The van der Waals surface area contributed by atoms with E-state index in [1.807, 2.05) is 5.32 Å². The van der Waals surface area contributed by atoms with Gasteiger partial charge in [-0.25, -0.2) is 14.6 Å². The fraction of sp³-hybridized carbons (Fsp3) is 0.409. The van der Waals surface area contributed by atoms with E-state index < -0.39 is 47.1 Å². The van der Waals surface area contributed by atoms with Gasteiger partial charge < -0.3 is 19.4 Å². The van der Waals surface area contributed by atoms with Crippen LogP contribution in [0.3, 0.4) is 0 Å². The molecule has 0 aliphatic carbocycles. The van der Waals surface area contributed by atoms with Crippen molar-refractivity contribution in [1.82, 2.24) is 15.8 Å². The number of hydrazine groups is 1. The molecule has 1 aliphatic heterocycles. The Morgan fingerprint density at radius 1 is 1.29 bits per heavy atom. The SMILES string of the molecule is CCN(CCNN(C)C(=O)c1ccc([N+](=O)[O-])o1)c1ccc(N2C[C@H](CNC(=O)C(F)F)OC2=O)cc1F. The molecule has 0 unspecified atom stereocenters. The molecule has 1 saturated heterocycles. The summed E-state index contributed by atoms with van der Waals surface area (Å²) in [4.78, 5) is 48.3. The smallest absolute Gasteiger partial charge is 0.433 e. The van der Waals surface area contributed by atoms with Crippen LogP contribution in [0.1, 0.15) is 17.5 Å². The third-order valence-electron chi connectivity index (χ3n) is 5.56. The van der Waals surface area contributed by atoms with Gasteiger partial charge in [-0.05, 0) is 31.2 Å². The van der Waals surface area contributed by atoms with Crippen LogP contribution in [0, 0.1) is 15.9 Å². The van der Waals surface area contributed by atoms with Gasteiger partial charge in [-0.3, -0.25) is 29.6 Å². The Labute approximate surface area is 214 Å². The standard InChI is InChI=1S/C22H25F3N6O7/c1-3-29(9-8-27-28(2)21(33)17-6-7-18(38-17)31(35)36)16-5-4-13(10-15(16)23)30-12-14(37-22(30)34)11-26-20(32)19(24)25/h4-7,10,14,19,27H,3,8-9,11-12H2,1-2H3,(H,26,32)/t14-/m0/s1. The minimum atomic E-state index is -3.19. The number of hydrogen-bond donors (Lipinski definition) is 2. The zero-order chi connectivity index (χ0) is 28.0. The Morgan fingerprint density at radius 3 is 2.63 bits per heavy atom. The van der Waals surface area contributed by atoms with Crippen molar-refractivity contribution in [1.29, 1.82) is 0 Å². The minimum Gasteiger partial charge on any atom is -0.442 e. The van der Waals surface area contributed by atoms with E-state index in [1.165, 1.54) is 25.2 Å². The van der Waals surface area contributed by atoms with Gasteiger partial charge in [0.15, 0.2) is 0 Å². The van der Waals surface area contributed by atoms with Crippen LogP contribution in [0.25, 0.3) is 0 Å². The number of nitro groups is 1. The fourth-order valence-electron chi connectivity index (χ4n) is 3.63. The van der Waals surface area contributed by atoms with E-state index in [1.54, 1.807) is 11.8 Å². The lowest BCUT2D eigenvalue weighted by atomic mass is 10.2. The van der Waals surface area contributed by atoms with Gasteiger partial charge in [0.25, 0.3) is 5.91 Å². The lowest BCUT2D eigenvalue weighted by molar-refractivity contribution is -0.402. The highest BCUT2D eigenvalue weighted by Crippen LogP contribution is 2.28. The second kappa shape index (κ2) is 12.3. The van der Waals surface area contributed by atoms with E-state index in [0.29, 0.717) is 6.54 Å². The van der Waals surface area contributed by atoms with Gasteiger partial charge in [0.1, 0.15) is 16.8 Å². The molecule has 38 heavy (non-hydrogen) atoms. The normalized spacial score (nSPS) is 14.9. The van der Waals surface area contributed by atoms with Crippen molar-refractivity contribution in [2.75, 3.05) is 49.6 Å². The third kappa shape index (κ3) is 6.70. The van der Waals surface area contributed by atoms with Crippen LogP contribution in [0.5, 0.6) is 0 Å². The van der Waals surface area contributed by atoms with E-state index in [0.717, 1.165) is 22.0 Å². The number of hydrogen-bond acceptors (Lipinski definition) is 9. The van der Waals surface area contributed by atoms with Crippen molar-refractivity contribution in [2.45, 2.75) is 19.5 Å². The molecule has 3 rings (SSSR count). The second-order valence-electron chi connectivity index (χ2n) is 8.04. The van der Waals surface area contributed by atoms with E-state index >= 15 is 0 Å². The summed E-state index contributed by atoms with van der Waals surface area (Å²) in [5.74, 6) is -3.54. The van der Waals surface area contributed by atoms with Crippen molar-refractivity contribution < 1.29 is 41.6 Å². The number of benzene rings is 1. The number of nitrogens with zero attached hydrogens (tertiary/aromatic N) is 4. The Kier molecular flexibility index (Phi) is 9.11. The number of likely N-dealkylation sites (N-methyl/N-ethyl adjacent to an activating group) is 1. The lowest BCUT2D eigenvalue weighted by Crippen LogP contribution is -2.43. The van der Waals surface area contributed by atoms with Crippen molar-refractivity contribution >= 4 is 35.2 Å². The van der Waals surface area contributed by atoms with Gasteiger partial charge in [-0.2, -0.15) is 8.78 Å². The molecule has 3 amide bonds. The summed E-state index contributed by atoms with van der Waals surface area (Å²) in [5, 5.41) is 13.8. The first-order valence-electron chi connectivity index (χ1n) is 11.4. The van der Waals surface area contributed by atoms with Crippen LogP contribution in [0.2, 0.25) is 0 Å². The number of amides is 3. The largest absolute Gasteiger partial charge is 0.442 e. The summed E-state index contributed by atoms with van der Waals surface area (Å²) >= 11 is 0. The van der Waals surface area contributed by atoms with E-state index in [9.17, 15) is 37.7 Å². The average molecular weight is 542 g/mol. The third-order valence-corrected chi connectivity index (χ3v) is 5.56. The van der Waals surface area contributed by atoms with Crippen molar-refractivity contribution in [2.24, 2.45) is 0 Å². The molecule has 0 bridgehead atoms. The molecule has 0 saturated carbocycles. The molecule has 16 heteroatoms. The number of ether oxygens (including phenoxy) is 1. The summed E-state index contributed by atoms with van der Waals surface area (Å²) in [6, 6.07) is 6.34. The first kappa shape index (κ1) is 28.2. The fourth-order valence-corrected chi connectivity index (χ4v) is 3.63. The number of nitrogens with one attached hydrogen (secondary N) is 2. The molecule has 1 aromatic carbocycles. The molecule has 1 fully saturated rings. The van der Waals surface area contributed by atoms with Crippen molar-refractivity contribution in [3.05, 3.63) is 52.0 Å². The molecule has 0 spiro atoms. The summed E-state index contributed by atoms with van der Waals surface area (Å²) in [5.41, 5.74) is 3.22. The van der Waals surface area contributed by atoms with Crippen LogP contribution in [0.15, 0.2) is 34.7 Å². The highest BCUT2D eigenvalue weighted by atomic mass is 19.3. The molecule has 2 heterocycles. The van der Waals surface area contributed by atoms with Crippen LogP contribution in [0.4, 0.5) is 35.2 Å². The summed E-state index contributed by atoms with van der Waals surface area (Å²) < 4.78 is 49.6. The average Bonchev–Trinajstić information content (AvgIpc) is 3.52. The monoisotopic (exact) mass is 542 g/mol. The molecule has 1 aromatic heterocycles. The summed E-state index contributed by atoms with van der Waals surface area (Å²) in [7, 11) is 1.41. The van der Waals surface area contributed by atoms with E-state index in [2.05, 4.69) is 5.43 Å². The molecular weight excluding hydrogens is 517 g/mol. The lowest BCUT2D eigenvalue weighted by Gasteiger charge is -2.26. The highest BCUT2D eigenvalue weighted by molar-refractivity contribution is 5.91. The zero-order valence-electron chi connectivity index (χ0n) is 20.4. The molecule has 2 N–H and O–H groups in total. The quantitative estimate of drug-likeness (QED) is 0.304. The van der Waals surface area contributed by atoms with Gasteiger partial charge >= 0.3 is 24.3 Å². The number of carbonyl (C=O) groups is 3. The van der Waals surface area contributed by atoms with Gasteiger partial charge in [0.2, 0.25) is 5.76 Å². The van der Waals surface area contributed by atoms with Gasteiger partial charge in [-0.15, -0.1) is 0 Å². The molecule has 1 aliphatic rings. The second-order valence-corrected chi connectivity index (χ2v) is 8.04. The van der Waals surface area contributed by atoms with Crippen LogP contribution >= 0.6 is 0 Å². The molecule has 2 aromatic rings. The maximum Gasteiger partial charge on any atom is 0.433 e. The topological polar surface area (TPSA) is 150 Å². The molecule has 1 atom stereocenters. The van der Waals surface area contributed by atoms with Gasteiger partial charge in [0, 0.05) is 26.7 Å². The number of carbonyl (C=O) groups excluding carboxylic acids is 3. The molecule has 206 valence electrons. The number of anilines is 2. The molecule has 13 nitrogen and oxygen atoms in total. The molecular formula is C22H25F3N6O7. The Morgan fingerprint density at radius 2 is 2.03 bits per heavy atom. The number of alkyl halides is 2. The summed E-state index contributed by atoms with van der Waals surface area (Å²) in [6.07, 6.45) is -4.87. The van der Waals surface area contributed by atoms with Crippen molar-refractivity contribution in [3.63, 3.8) is 0 Å². The van der Waals surface area contributed by atoms with E-state index in [4.69, 9.17) is 9.15 Å². The maximum absolute atomic E-state index is 15.0. The van der Waals surface area contributed by atoms with Crippen LogP contribution < -0.4 is 20.5 Å². The number of halogens is 3. The summed E-state index contributed by atoms with van der Waals surface area (Å²) in [6.45, 7) is 2.28. The Bertz CT molecular complexity index is 1190. The van der Waals surface area contributed by atoms with Gasteiger partial charge in [-0.1, -0.05) is 0 Å². The number of cyclic esters (lactones) is 1. The Balaban J connectivity index is 1.56. The predicted octanol–water partition coefficient (Wildman–Crippen LogP) is 2.14. The van der Waals surface area contributed by atoms with Crippen molar-refractivity contribution in [3.8, 4) is 0 Å².